The molecule has 0 bridgehead atoms. The van der Waals surface area contributed by atoms with E-state index in [2.05, 4.69) is 23.7 Å². The predicted molar refractivity (Wildman–Crippen MR) is 77.2 cm³/mol. The van der Waals surface area contributed by atoms with Crippen molar-refractivity contribution >= 4 is 22.9 Å². The minimum absolute atomic E-state index is 0.0433. The van der Waals surface area contributed by atoms with Crippen molar-refractivity contribution in [2.75, 3.05) is 13.1 Å². The third-order valence-corrected chi connectivity index (χ3v) is 4.11. The summed E-state index contributed by atoms with van der Waals surface area (Å²) < 4.78 is 38.6. The standard InChI is InChI=1S/C13H20ClF3N2S/c1-3-5-7-19(8-6-4-2)9-10-11(13(15,16)17)18-12(14)20-10/h3-9H2,1-2H3. The summed E-state index contributed by atoms with van der Waals surface area (Å²) in [6, 6.07) is 0. The predicted octanol–water partition coefficient (Wildman–Crippen LogP) is 5.22. The van der Waals surface area contributed by atoms with Crippen LogP contribution in [0, 0.1) is 0 Å². The van der Waals surface area contributed by atoms with Crippen LogP contribution in [0.4, 0.5) is 13.2 Å². The van der Waals surface area contributed by atoms with E-state index in [1.165, 1.54) is 0 Å². The summed E-state index contributed by atoms with van der Waals surface area (Å²) in [6.45, 7) is 6.04. The van der Waals surface area contributed by atoms with Crippen molar-refractivity contribution < 1.29 is 13.2 Å². The zero-order chi connectivity index (χ0) is 15.2. The van der Waals surface area contributed by atoms with Crippen LogP contribution in [-0.4, -0.2) is 23.0 Å². The molecule has 116 valence electrons. The summed E-state index contributed by atoms with van der Waals surface area (Å²) >= 11 is 6.58. The van der Waals surface area contributed by atoms with E-state index in [1.807, 2.05) is 0 Å². The van der Waals surface area contributed by atoms with Crippen molar-refractivity contribution in [2.24, 2.45) is 0 Å². The topological polar surface area (TPSA) is 16.1 Å². The number of halogens is 4. The van der Waals surface area contributed by atoms with Gasteiger partial charge in [-0.2, -0.15) is 13.2 Å². The maximum atomic E-state index is 12.9. The van der Waals surface area contributed by atoms with E-state index < -0.39 is 11.9 Å². The molecule has 0 aromatic carbocycles. The number of unbranched alkanes of at least 4 members (excludes halogenated alkanes) is 2. The second-order valence-corrected chi connectivity index (χ2v) is 6.39. The summed E-state index contributed by atoms with van der Waals surface area (Å²) in [5, 5.41) is 0. The van der Waals surface area contributed by atoms with Crippen molar-refractivity contribution in [3.8, 4) is 0 Å². The quantitative estimate of drug-likeness (QED) is 0.650. The minimum atomic E-state index is -4.43. The number of rotatable bonds is 8. The van der Waals surface area contributed by atoms with Crippen LogP contribution in [0.2, 0.25) is 4.47 Å². The van der Waals surface area contributed by atoms with Gasteiger partial charge in [-0.15, -0.1) is 11.3 Å². The highest BCUT2D eigenvalue weighted by molar-refractivity contribution is 7.15. The normalized spacial score (nSPS) is 12.3. The Morgan fingerprint density at radius 3 is 2.15 bits per heavy atom. The van der Waals surface area contributed by atoms with Crippen LogP contribution >= 0.6 is 22.9 Å². The molecule has 0 radical (unpaired) electrons. The lowest BCUT2D eigenvalue weighted by molar-refractivity contribution is -0.141. The molecule has 0 spiro atoms. The van der Waals surface area contributed by atoms with Gasteiger partial charge in [0.25, 0.3) is 0 Å². The number of alkyl halides is 3. The fraction of sp³-hybridized carbons (Fsp3) is 0.769. The minimum Gasteiger partial charge on any atom is -0.298 e. The van der Waals surface area contributed by atoms with Crippen molar-refractivity contribution in [3.05, 3.63) is 15.0 Å². The lowest BCUT2D eigenvalue weighted by Crippen LogP contribution is -2.26. The maximum absolute atomic E-state index is 12.9. The van der Waals surface area contributed by atoms with Gasteiger partial charge in [0, 0.05) is 6.54 Å². The Balaban J connectivity index is 2.81. The van der Waals surface area contributed by atoms with Crippen molar-refractivity contribution in [1.29, 1.82) is 0 Å². The monoisotopic (exact) mass is 328 g/mol. The van der Waals surface area contributed by atoms with E-state index in [4.69, 9.17) is 11.6 Å². The summed E-state index contributed by atoms with van der Waals surface area (Å²) in [4.78, 5) is 5.71. The summed E-state index contributed by atoms with van der Waals surface area (Å²) in [5.74, 6) is 0. The maximum Gasteiger partial charge on any atom is 0.434 e. The summed E-state index contributed by atoms with van der Waals surface area (Å²) in [5.41, 5.74) is -0.828. The summed E-state index contributed by atoms with van der Waals surface area (Å²) in [6.07, 6.45) is -0.411. The van der Waals surface area contributed by atoms with Gasteiger partial charge >= 0.3 is 6.18 Å². The fourth-order valence-electron chi connectivity index (χ4n) is 1.89. The number of hydrogen-bond acceptors (Lipinski definition) is 3. The lowest BCUT2D eigenvalue weighted by Gasteiger charge is -2.21. The molecule has 2 nitrogen and oxygen atoms in total. The SMILES string of the molecule is CCCCN(CCCC)Cc1sc(Cl)nc1C(F)(F)F. The Kier molecular flexibility index (Phi) is 7.26. The molecular formula is C13H20ClF3N2S. The number of thiazole rings is 1. The van der Waals surface area contributed by atoms with Crippen LogP contribution in [0.15, 0.2) is 0 Å². The Morgan fingerprint density at radius 1 is 1.15 bits per heavy atom. The highest BCUT2D eigenvalue weighted by Crippen LogP contribution is 2.36. The Hall–Kier alpha value is -0.330. The molecule has 0 saturated heterocycles. The van der Waals surface area contributed by atoms with Gasteiger partial charge in [0.2, 0.25) is 0 Å². The first-order chi connectivity index (χ1) is 9.38. The van der Waals surface area contributed by atoms with Gasteiger partial charge in [-0.1, -0.05) is 38.3 Å². The van der Waals surface area contributed by atoms with E-state index in [1.54, 1.807) is 0 Å². The second kappa shape index (κ2) is 8.20. The second-order valence-electron chi connectivity index (χ2n) is 4.72. The Bertz CT molecular complexity index is 399. The number of aromatic nitrogens is 1. The van der Waals surface area contributed by atoms with Gasteiger partial charge < -0.3 is 0 Å². The van der Waals surface area contributed by atoms with Crippen LogP contribution in [0.1, 0.15) is 50.1 Å². The first-order valence-electron chi connectivity index (χ1n) is 6.83. The molecule has 1 heterocycles. The van der Waals surface area contributed by atoms with Crippen LogP contribution in [-0.2, 0) is 12.7 Å². The van der Waals surface area contributed by atoms with Crippen molar-refractivity contribution in [2.45, 2.75) is 52.3 Å². The molecule has 0 aliphatic carbocycles. The van der Waals surface area contributed by atoms with Gasteiger partial charge in [0.15, 0.2) is 10.2 Å². The molecular weight excluding hydrogens is 309 g/mol. The average molecular weight is 329 g/mol. The molecule has 1 aromatic rings. The van der Waals surface area contributed by atoms with E-state index >= 15 is 0 Å². The number of hydrogen-bond donors (Lipinski definition) is 0. The molecule has 0 amide bonds. The first kappa shape index (κ1) is 17.7. The smallest absolute Gasteiger partial charge is 0.298 e. The average Bonchev–Trinajstić information content (AvgIpc) is 2.73. The molecule has 0 atom stereocenters. The molecule has 0 fully saturated rings. The summed E-state index contributed by atoms with van der Waals surface area (Å²) in [7, 11) is 0. The zero-order valence-electron chi connectivity index (χ0n) is 11.8. The molecule has 0 saturated carbocycles. The van der Waals surface area contributed by atoms with Crippen molar-refractivity contribution in [1.82, 2.24) is 9.88 Å². The van der Waals surface area contributed by atoms with Crippen molar-refractivity contribution in [3.63, 3.8) is 0 Å². The van der Waals surface area contributed by atoms with Gasteiger partial charge in [-0.25, -0.2) is 4.98 Å². The molecule has 7 heteroatoms. The van der Waals surface area contributed by atoms with Gasteiger partial charge in [0.05, 0.1) is 4.88 Å². The first-order valence-corrected chi connectivity index (χ1v) is 8.02. The van der Waals surface area contributed by atoms with Gasteiger partial charge in [-0.3, -0.25) is 4.90 Å². The molecule has 0 aliphatic heterocycles. The highest BCUT2D eigenvalue weighted by atomic mass is 35.5. The van der Waals surface area contributed by atoms with E-state index in [9.17, 15) is 13.2 Å². The third-order valence-electron chi connectivity index (χ3n) is 2.96. The fourth-order valence-corrected chi connectivity index (χ4v) is 3.10. The molecule has 0 aliphatic rings. The largest absolute Gasteiger partial charge is 0.434 e. The third kappa shape index (κ3) is 5.58. The van der Waals surface area contributed by atoms with E-state index in [-0.39, 0.29) is 15.9 Å². The molecule has 0 N–H and O–H groups in total. The van der Waals surface area contributed by atoms with Crippen LogP contribution in [0.3, 0.4) is 0 Å². The van der Waals surface area contributed by atoms with Crippen LogP contribution in [0.5, 0.6) is 0 Å². The molecule has 1 rings (SSSR count). The molecule has 20 heavy (non-hydrogen) atoms. The lowest BCUT2D eigenvalue weighted by atomic mass is 10.2. The van der Waals surface area contributed by atoms with Gasteiger partial charge in [-0.05, 0) is 25.9 Å². The van der Waals surface area contributed by atoms with Gasteiger partial charge in [0.1, 0.15) is 0 Å². The molecule has 1 aromatic heterocycles. The molecule has 0 unspecified atom stereocenters. The highest BCUT2D eigenvalue weighted by Gasteiger charge is 2.37. The van der Waals surface area contributed by atoms with Crippen LogP contribution < -0.4 is 0 Å². The van der Waals surface area contributed by atoms with E-state index in [0.29, 0.717) is 0 Å². The Morgan fingerprint density at radius 2 is 1.70 bits per heavy atom. The zero-order valence-corrected chi connectivity index (χ0v) is 13.3. The number of nitrogens with zero attached hydrogens (tertiary/aromatic N) is 2. The van der Waals surface area contributed by atoms with E-state index in [0.717, 1.165) is 50.1 Å². The van der Waals surface area contributed by atoms with Crippen LogP contribution in [0.25, 0.3) is 0 Å². The Labute approximate surface area is 127 Å².